The largest absolute Gasteiger partial charge is 0.298 e. The molecule has 0 amide bonds. The van der Waals surface area contributed by atoms with Gasteiger partial charge in [0.15, 0.2) is 0 Å². The van der Waals surface area contributed by atoms with Crippen LogP contribution in [-0.4, -0.2) is 20.2 Å². The Kier molecular flexibility index (Phi) is 4.73. The molecular weight excluding hydrogens is 310 g/mol. The fourth-order valence-electron chi connectivity index (χ4n) is 2.45. The van der Waals surface area contributed by atoms with E-state index < -0.39 is 15.6 Å². The smallest absolute Gasteiger partial charge is 0.241 e. The van der Waals surface area contributed by atoms with Gasteiger partial charge < -0.3 is 0 Å². The van der Waals surface area contributed by atoms with Crippen LogP contribution in [-0.2, 0) is 10.0 Å². The van der Waals surface area contributed by atoms with Crippen molar-refractivity contribution in [2.45, 2.75) is 38.1 Å². The van der Waals surface area contributed by atoms with Crippen molar-refractivity contribution in [1.29, 1.82) is 0 Å². The average molecular weight is 331 g/mol. The van der Waals surface area contributed by atoms with E-state index in [2.05, 4.69) is 4.72 Å². The molecule has 0 heterocycles. The predicted molar refractivity (Wildman–Crippen MR) is 92.1 cm³/mol. The number of aldehydes is 1. The van der Waals surface area contributed by atoms with E-state index in [0.29, 0.717) is 11.1 Å². The molecule has 0 radical (unpaired) electrons. The first-order valence-electron chi connectivity index (χ1n) is 7.34. The summed E-state index contributed by atoms with van der Waals surface area (Å²) in [4.78, 5) is 11.4. The summed E-state index contributed by atoms with van der Waals surface area (Å²) in [6, 6.07) is 12.1. The van der Waals surface area contributed by atoms with Crippen molar-refractivity contribution in [2.75, 3.05) is 0 Å². The summed E-state index contributed by atoms with van der Waals surface area (Å²) in [5.41, 5.74) is 2.07. The Morgan fingerprint density at radius 2 is 1.57 bits per heavy atom. The van der Waals surface area contributed by atoms with Gasteiger partial charge in [-0.3, -0.25) is 4.79 Å². The molecule has 0 saturated carbocycles. The van der Waals surface area contributed by atoms with Gasteiger partial charge >= 0.3 is 0 Å². The van der Waals surface area contributed by atoms with Crippen LogP contribution in [0, 0.1) is 6.92 Å². The molecule has 0 aliphatic heterocycles. The number of hydrogen-bond donors (Lipinski definition) is 1. The van der Waals surface area contributed by atoms with Crippen molar-refractivity contribution in [3.05, 3.63) is 53.6 Å². The van der Waals surface area contributed by atoms with Gasteiger partial charge in [0.1, 0.15) is 6.29 Å². The molecule has 0 aromatic heterocycles. The number of hydrogen-bond acceptors (Lipinski definition) is 3. The van der Waals surface area contributed by atoms with Crippen molar-refractivity contribution >= 4 is 16.3 Å². The molecule has 0 fully saturated rings. The number of carbonyl (C=O) groups excluding carboxylic acids is 1. The van der Waals surface area contributed by atoms with Crippen LogP contribution in [0.5, 0.6) is 0 Å². The summed E-state index contributed by atoms with van der Waals surface area (Å²) >= 11 is 0. The van der Waals surface area contributed by atoms with Gasteiger partial charge in [0.05, 0.1) is 4.90 Å². The fraction of sp³-hybridized carbons (Fsp3) is 0.278. The van der Waals surface area contributed by atoms with Gasteiger partial charge in [-0.25, -0.2) is 13.1 Å². The lowest BCUT2D eigenvalue weighted by Gasteiger charge is -2.22. The number of nitrogens with one attached hydrogen (secondary N) is 1. The minimum Gasteiger partial charge on any atom is -0.298 e. The summed E-state index contributed by atoms with van der Waals surface area (Å²) in [6.45, 7) is 7.21. The first kappa shape index (κ1) is 17.4. The maximum atomic E-state index is 12.7. The quantitative estimate of drug-likeness (QED) is 0.872. The molecule has 0 spiro atoms. The number of rotatable bonds is 4. The Balaban J connectivity index is 2.66. The molecule has 4 nitrogen and oxygen atoms in total. The fourth-order valence-corrected chi connectivity index (χ4v) is 4.10. The summed E-state index contributed by atoms with van der Waals surface area (Å²) in [6.07, 6.45) is 0.781. The molecule has 0 bridgehead atoms. The molecule has 5 heteroatoms. The molecule has 2 aromatic carbocycles. The summed E-state index contributed by atoms with van der Waals surface area (Å²) < 4.78 is 28.1. The zero-order chi connectivity index (χ0) is 17.3. The van der Waals surface area contributed by atoms with E-state index in [1.54, 1.807) is 57.2 Å². The number of benzene rings is 2. The Bertz CT molecular complexity index is 834. The summed E-state index contributed by atoms with van der Waals surface area (Å²) in [5.74, 6) is 0. The molecule has 0 atom stereocenters. The van der Waals surface area contributed by atoms with Crippen molar-refractivity contribution in [3.8, 4) is 11.1 Å². The van der Waals surface area contributed by atoms with Crippen LogP contribution in [0.25, 0.3) is 11.1 Å². The Morgan fingerprint density at radius 1 is 0.957 bits per heavy atom. The molecule has 0 aliphatic carbocycles. The van der Waals surface area contributed by atoms with Crippen LogP contribution in [0.15, 0.2) is 47.4 Å². The highest BCUT2D eigenvalue weighted by Crippen LogP contribution is 2.31. The highest BCUT2D eigenvalue weighted by molar-refractivity contribution is 7.89. The van der Waals surface area contributed by atoms with E-state index in [1.807, 2.05) is 13.0 Å². The maximum Gasteiger partial charge on any atom is 0.241 e. The predicted octanol–water partition coefficient (Wildman–Crippen LogP) is 3.55. The van der Waals surface area contributed by atoms with E-state index in [1.165, 1.54) is 0 Å². The van der Waals surface area contributed by atoms with E-state index in [4.69, 9.17) is 0 Å². The molecule has 2 rings (SSSR count). The first-order chi connectivity index (χ1) is 10.7. The Morgan fingerprint density at radius 3 is 2.17 bits per heavy atom. The van der Waals surface area contributed by atoms with Crippen LogP contribution in [0.4, 0.5) is 0 Å². The molecule has 23 heavy (non-hydrogen) atoms. The van der Waals surface area contributed by atoms with E-state index >= 15 is 0 Å². The SMILES string of the molecule is Cc1c(C=O)cccc1-c1ccccc1S(=O)(=O)NC(C)(C)C. The number of sulfonamides is 1. The van der Waals surface area contributed by atoms with Crippen LogP contribution in [0.1, 0.15) is 36.7 Å². The van der Waals surface area contributed by atoms with Crippen molar-refractivity contribution < 1.29 is 13.2 Å². The third kappa shape index (κ3) is 3.86. The topological polar surface area (TPSA) is 63.2 Å². The van der Waals surface area contributed by atoms with Gasteiger partial charge in [-0.05, 0) is 44.9 Å². The molecule has 0 saturated heterocycles. The molecule has 0 unspecified atom stereocenters. The lowest BCUT2D eigenvalue weighted by atomic mass is 9.97. The van der Waals surface area contributed by atoms with Gasteiger partial charge in [0, 0.05) is 16.7 Å². The molecule has 0 aliphatic rings. The van der Waals surface area contributed by atoms with Crippen LogP contribution in [0.2, 0.25) is 0 Å². The van der Waals surface area contributed by atoms with E-state index in [0.717, 1.165) is 17.4 Å². The van der Waals surface area contributed by atoms with E-state index in [9.17, 15) is 13.2 Å². The molecular formula is C18H21NO3S. The van der Waals surface area contributed by atoms with Crippen molar-refractivity contribution in [1.82, 2.24) is 4.72 Å². The minimum absolute atomic E-state index is 0.209. The zero-order valence-corrected chi connectivity index (χ0v) is 14.6. The van der Waals surface area contributed by atoms with Gasteiger partial charge in [-0.15, -0.1) is 0 Å². The monoisotopic (exact) mass is 331 g/mol. The second kappa shape index (κ2) is 6.26. The minimum atomic E-state index is -3.67. The molecule has 2 aromatic rings. The lowest BCUT2D eigenvalue weighted by molar-refractivity contribution is 0.112. The summed E-state index contributed by atoms with van der Waals surface area (Å²) in [7, 11) is -3.67. The Hall–Kier alpha value is -1.98. The van der Waals surface area contributed by atoms with Crippen LogP contribution < -0.4 is 4.72 Å². The highest BCUT2D eigenvalue weighted by atomic mass is 32.2. The van der Waals surface area contributed by atoms with Gasteiger partial charge in [-0.2, -0.15) is 0 Å². The van der Waals surface area contributed by atoms with E-state index in [-0.39, 0.29) is 4.90 Å². The Labute approximate surface area is 137 Å². The maximum absolute atomic E-state index is 12.7. The first-order valence-corrected chi connectivity index (χ1v) is 8.82. The zero-order valence-electron chi connectivity index (χ0n) is 13.8. The highest BCUT2D eigenvalue weighted by Gasteiger charge is 2.25. The number of carbonyl (C=O) groups is 1. The second-order valence-electron chi connectivity index (χ2n) is 6.49. The van der Waals surface area contributed by atoms with Gasteiger partial charge in [-0.1, -0.05) is 36.4 Å². The van der Waals surface area contributed by atoms with Gasteiger partial charge in [0.25, 0.3) is 0 Å². The average Bonchev–Trinajstić information content (AvgIpc) is 2.45. The lowest BCUT2D eigenvalue weighted by Crippen LogP contribution is -2.40. The second-order valence-corrected chi connectivity index (χ2v) is 8.14. The third-order valence-electron chi connectivity index (χ3n) is 3.41. The van der Waals surface area contributed by atoms with Crippen molar-refractivity contribution in [2.24, 2.45) is 0 Å². The molecule has 1 N–H and O–H groups in total. The molecule has 122 valence electrons. The normalized spacial score (nSPS) is 12.2. The van der Waals surface area contributed by atoms with Crippen molar-refractivity contribution in [3.63, 3.8) is 0 Å². The third-order valence-corrected chi connectivity index (χ3v) is 5.23. The summed E-state index contributed by atoms with van der Waals surface area (Å²) in [5, 5.41) is 0. The van der Waals surface area contributed by atoms with Gasteiger partial charge in [0.2, 0.25) is 10.0 Å². The van der Waals surface area contributed by atoms with Crippen LogP contribution in [0.3, 0.4) is 0 Å². The standard InChI is InChI=1S/C18H21NO3S/c1-13-14(12-20)8-7-10-15(13)16-9-5-6-11-17(16)23(21,22)19-18(2,3)4/h5-12,19H,1-4H3. The van der Waals surface area contributed by atoms with Crippen LogP contribution >= 0.6 is 0 Å².